The second-order valence-electron chi connectivity index (χ2n) is 5.08. The molecule has 0 amide bonds. The Kier molecular flexibility index (Phi) is 6.32. The highest BCUT2D eigenvalue weighted by Crippen LogP contribution is 2.32. The van der Waals surface area contributed by atoms with Gasteiger partial charge in [0.1, 0.15) is 5.75 Å². The minimum Gasteiger partial charge on any atom is -0.494 e. The molecule has 0 aliphatic rings. The van der Waals surface area contributed by atoms with Gasteiger partial charge in [-0.05, 0) is 62.3 Å². The standard InChI is InChI=1S/C16H26O3/c1-5-13(9-14(18)10-17)15-7-12(4)16(19-6-2)8-11(15)3/h7-8,13-14,17-18H,5-6,9-10H2,1-4H3. The lowest BCUT2D eigenvalue weighted by Crippen LogP contribution is -2.17. The minimum absolute atomic E-state index is 0.175. The van der Waals surface area contributed by atoms with Crippen LogP contribution in [0.4, 0.5) is 0 Å². The average molecular weight is 266 g/mol. The summed E-state index contributed by atoms with van der Waals surface area (Å²) < 4.78 is 5.60. The van der Waals surface area contributed by atoms with Gasteiger partial charge in [0, 0.05) is 0 Å². The van der Waals surface area contributed by atoms with Crippen LogP contribution >= 0.6 is 0 Å². The number of hydrogen-bond acceptors (Lipinski definition) is 3. The van der Waals surface area contributed by atoms with Gasteiger partial charge in [-0.15, -0.1) is 0 Å². The van der Waals surface area contributed by atoms with Gasteiger partial charge in [-0.25, -0.2) is 0 Å². The number of rotatable bonds is 7. The van der Waals surface area contributed by atoms with Crippen molar-refractivity contribution < 1.29 is 14.9 Å². The Bertz CT molecular complexity index is 401. The maximum atomic E-state index is 9.65. The summed E-state index contributed by atoms with van der Waals surface area (Å²) in [6.45, 7) is 8.70. The molecule has 1 aromatic carbocycles. The Labute approximate surface area is 116 Å². The minimum atomic E-state index is -0.642. The van der Waals surface area contributed by atoms with Gasteiger partial charge in [-0.1, -0.05) is 13.0 Å². The third kappa shape index (κ3) is 4.22. The highest BCUT2D eigenvalue weighted by molar-refractivity contribution is 5.43. The number of hydrogen-bond donors (Lipinski definition) is 2. The molecule has 0 heterocycles. The molecule has 0 saturated carbocycles. The first-order chi connectivity index (χ1) is 9.03. The maximum absolute atomic E-state index is 9.65. The van der Waals surface area contributed by atoms with E-state index in [9.17, 15) is 5.11 Å². The van der Waals surface area contributed by atoms with Crippen LogP contribution in [0.1, 0.15) is 49.3 Å². The van der Waals surface area contributed by atoms with E-state index in [0.717, 1.165) is 17.7 Å². The van der Waals surface area contributed by atoms with Gasteiger partial charge in [0.25, 0.3) is 0 Å². The molecule has 3 nitrogen and oxygen atoms in total. The summed E-state index contributed by atoms with van der Waals surface area (Å²) in [5.41, 5.74) is 3.56. The van der Waals surface area contributed by atoms with Gasteiger partial charge in [0.15, 0.2) is 0 Å². The van der Waals surface area contributed by atoms with Crippen molar-refractivity contribution in [3.8, 4) is 5.75 Å². The molecule has 2 N–H and O–H groups in total. The summed E-state index contributed by atoms with van der Waals surface area (Å²) in [6.07, 6.45) is 0.906. The molecule has 1 rings (SSSR count). The van der Waals surface area contributed by atoms with Gasteiger partial charge < -0.3 is 14.9 Å². The van der Waals surface area contributed by atoms with Gasteiger partial charge in [-0.2, -0.15) is 0 Å². The van der Waals surface area contributed by atoms with Crippen LogP contribution < -0.4 is 4.74 Å². The van der Waals surface area contributed by atoms with Crippen molar-refractivity contribution in [3.63, 3.8) is 0 Å². The molecular formula is C16H26O3. The van der Waals surface area contributed by atoms with Crippen LogP contribution in [0.15, 0.2) is 12.1 Å². The highest BCUT2D eigenvalue weighted by Gasteiger charge is 2.17. The first-order valence-corrected chi connectivity index (χ1v) is 7.06. The zero-order valence-corrected chi connectivity index (χ0v) is 12.4. The van der Waals surface area contributed by atoms with Crippen LogP contribution in [-0.4, -0.2) is 29.5 Å². The van der Waals surface area contributed by atoms with E-state index in [1.807, 2.05) is 13.8 Å². The molecule has 2 atom stereocenters. The highest BCUT2D eigenvalue weighted by atomic mass is 16.5. The van der Waals surface area contributed by atoms with E-state index in [-0.39, 0.29) is 12.5 Å². The first kappa shape index (κ1) is 16.0. The Morgan fingerprint density at radius 2 is 1.84 bits per heavy atom. The summed E-state index contributed by atoms with van der Waals surface area (Å²) in [5, 5.41) is 18.6. The van der Waals surface area contributed by atoms with Crippen molar-refractivity contribution in [1.29, 1.82) is 0 Å². The molecule has 0 radical (unpaired) electrons. The summed E-state index contributed by atoms with van der Waals surface area (Å²) in [4.78, 5) is 0. The van der Waals surface area contributed by atoms with Gasteiger partial charge >= 0.3 is 0 Å². The van der Waals surface area contributed by atoms with Crippen LogP contribution in [0.2, 0.25) is 0 Å². The largest absolute Gasteiger partial charge is 0.494 e. The van der Waals surface area contributed by atoms with Gasteiger partial charge in [-0.3, -0.25) is 0 Å². The molecule has 0 bridgehead atoms. The van der Waals surface area contributed by atoms with E-state index in [0.29, 0.717) is 13.0 Å². The molecule has 0 spiro atoms. The zero-order valence-electron chi connectivity index (χ0n) is 12.4. The molecule has 1 aromatic rings. The molecule has 108 valence electrons. The quantitative estimate of drug-likeness (QED) is 0.797. The fourth-order valence-electron chi connectivity index (χ4n) is 2.48. The Morgan fingerprint density at radius 1 is 1.16 bits per heavy atom. The molecule has 2 unspecified atom stereocenters. The smallest absolute Gasteiger partial charge is 0.122 e. The maximum Gasteiger partial charge on any atom is 0.122 e. The second kappa shape index (κ2) is 7.51. The fraction of sp³-hybridized carbons (Fsp3) is 0.625. The van der Waals surface area contributed by atoms with Crippen molar-refractivity contribution >= 4 is 0 Å². The van der Waals surface area contributed by atoms with E-state index in [2.05, 4.69) is 26.0 Å². The van der Waals surface area contributed by atoms with Crippen molar-refractivity contribution in [2.45, 2.75) is 52.6 Å². The van der Waals surface area contributed by atoms with Crippen molar-refractivity contribution in [2.75, 3.05) is 13.2 Å². The van der Waals surface area contributed by atoms with Gasteiger partial charge in [0.2, 0.25) is 0 Å². The summed E-state index contributed by atoms with van der Waals surface area (Å²) in [7, 11) is 0. The van der Waals surface area contributed by atoms with E-state index >= 15 is 0 Å². The molecule has 3 heteroatoms. The van der Waals surface area contributed by atoms with Crippen LogP contribution in [0.3, 0.4) is 0 Å². The Hall–Kier alpha value is -1.06. The number of benzene rings is 1. The fourth-order valence-corrected chi connectivity index (χ4v) is 2.48. The third-order valence-corrected chi connectivity index (χ3v) is 3.56. The van der Waals surface area contributed by atoms with E-state index in [1.54, 1.807) is 0 Å². The average Bonchev–Trinajstić information content (AvgIpc) is 2.40. The lowest BCUT2D eigenvalue weighted by Gasteiger charge is -2.22. The zero-order chi connectivity index (χ0) is 14.4. The third-order valence-electron chi connectivity index (χ3n) is 3.56. The van der Waals surface area contributed by atoms with E-state index < -0.39 is 6.10 Å². The topological polar surface area (TPSA) is 49.7 Å². The molecule has 0 saturated heterocycles. The molecule has 0 aromatic heterocycles. The predicted octanol–water partition coefficient (Wildman–Crippen LogP) is 2.94. The van der Waals surface area contributed by atoms with Gasteiger partial charge in [0.05, 0.1) is 19.3 Å². The van der Waals surface area contributed by atoms with Crippen molar-refractivity contribution in [3.05, 3.63) is 28.8 Å². The first-order valence-electron chi connectivity index (χ1n) is 7.06. The number of aryl methyl sites for hydroxylation is 2. The van der Waals surface area contributed by atoms with Crippen LogP contribution in [-0.2, 0) is 0 Å². The molecule has 0 aliphatic heterocycles. The van der Waals surface area contributed by atoms with Crippen molar-refractivity contribution in [2.24, 2.45) is 0 Å². The summed E-state index contributed by atoms with van der Waals surface area (Å²) in [6, 6.07) is 4.22. The number of ether oxygens (including phenoxy) is 1. The molecular weight excluding hydrogens is 240 g/mol. The van der Waals surface area contributed by atoms with E-state index in [4.69, 9.17) is 9.84 Å². The van der Waals surface area contributed by atoms with E-state index in [1.165, 1.54) is 11.1 Å². The lowest BCUT2D eigenvalue weighted by molar-refractivity contribution is 0.0817. The lowest BCUT2D eigenvalue weighted by atomic mass is 9.87. The second-order valence-corrected chi connectivity index (χ2v) is 5.08. The van der Waals surface area contributed by atoms with Crippen LogP contribution in [0.25, 0.3) is 0 Å². The Balaban J connectivity index is 3.01. The normalized spacial score (nSPS) is 14.2. The number of aliphatic hydroxyl groups is 2. The monoisotopic (exact) mass is 266 g/mol. The van der Waals surface area contributed by atoms with Crippen molar-refractivity contribution in [1.82, 2.24) is 0 Å². The Morgan fingerprint density at radius 3 is 2.37 bits per heavy atom. The molecule has 0 fully saturated rings. The predicted molar refractivity (Wildman–Crippen MR) is 77.8 cm³/mol. The summed E-state index contributed by atoms with van der Waals surface area (Å²) in [5.74, 6) is 1.21. The summed E-state index contributed by atoms with van der Waals surface area (Å²) >= 11 is 0. The molecule has 0 aliphatic carbocycles. The number of aliphatic hydroxyl groups excluding tert-OH is 2. The van der Waals surface area contributed by atoms with Crippen LogP contribution in [0.5, 0.6) is 5.75 Å². The molecule has 19 heavy (non-hydrogen) atoms. The van der Waals surface area contributed by atoms with Crippen LogP contribution in [0, 0.1) is 13.8 Å². The SMILES string of the molecule is CCOc1cc(C)c(C(CC)CC(O)CO)cc1C.